The number of rotatable bonds is 5. The minimum Gasteiger partial charge on any atom is -0.435 e. The molecule has 1 heterocycles. The van der Waals surface area contributed by atoms with Gasteiger partial charge in [0.1, 0.15) is 11.9 Å². The summed E-state index contributed by atoms with van der Waals surface area (Å²) in [6.45, 7) is 5.69. The summed E-state index contributed by atoms with van der Waals surface area (Å²) in [6, 6.07) is 0. The minimum atomic E-state index is -1.72. The molecule has 4 aliphatic rings. The van der Waals surface area contributed by atoms with E-state index < -0.39 is 51.9 Å². The molecule has 7 nitrogen and oxygen atoms in total. The van der Waals surface area contributed by atoms with Crippen molar-refractivity contribution in [2.24, 2.45) is 28.1 Å². The molecule has 2 N–H and O–H groups in total. The SMILES string of the molecule is CCCC=COC(=O)C1C(C)(C)CC2C1(O)C=C(C=O)C13CC21C(=O)OC3O. The number of hydrogen-bond acceptors (Lipinski definition) is 7. The quantitative estimate of drug-likeness (QED) is 0.417. The Kier molecular flexibility index (Phi) is 3.98. The van der Waals surface area contributed by atoms with Crippen LogP contribution in [0.4, 0.5) is 0 Å². The molecule has 7 heteroatoms. The van der Waals surface area contributed by atoms with Crippen LogP contribution in [-0.2, 0) is 23.9 Å². The van der Waals surface area contributed by atoms with Crippen molar-refractivity contribution < 1.29 is 34.1 Å². The highest BCUT2D eigenvalue weighted by atomic mass is 16.6. The number of aliphatic hydroxyl groups is 2. The summed E-state index contributed by atoms with van der Waals surface area (Å²) in [5, 5.41) is 22.0. The average Bonchev–Trinajstić information content (AvgIpc) is 3.22. The first-order valence-corrected chi connectivity index (χ1v) is 9.77. The fraction of sp³-hybridized carbons (Fsp3) is 0.667. The van der Waals surface area contributed by atoms with Gasteiger partial charge in [-0.25, -0.2) is 0 Å². The average molecular weight is 390 g/mol. The molecule has 0 bridgehead atoms. The van der Waals surface area contributed by atoms with Gasteiger partial charge in [0.15, 0.2) is 0 Å². The summed E-state index contributed by atoms with van der Waals surface area (Å²) >= 11 is 0. The summed E-state index contributed by atoms with van der Waals surface area (Å²) in [6.07, 6.45) is 5.87. The van der Waals surface area contributed by atoms with Gasteiger partial charge in [-0.1, -0.05) is 27.2 Å². The summed E-state index contributed by atoms with van der Waals surface area (Å²) in [5.74, 6) is -2.80. The molecular formula is C21H26O7. The summed E-state index contributed by atoms with van der Waals surface area (Å²) < 4.78 is 10.4. The van der Waals surface area contributed by atoms with Gasteiger partial charge in [0.2, 0.25) is 6.29 Å². The third-order valence-electron chi connectivity index (χ3n) is 7.36. The van der Waals surface area contributed by atoms with Gasteiger partial charge in [0.05, 0.1) is 23.0 Å². The molecule has 4 rings (SSSR count). The Morgan fingerprint density at radius 3 is 2.75 bits per heavy atom. The monoisotopic (exact) mass is 390 g/mol. The molecule has 0 radical (unpaired) electrons. The number of carbonyl (C=O) groups is 3. The number of allylic oxidation sites excluding steroid dienone is 1. The highest BCUT2D eigenvalue weighted by Crippen LogP contribution is 2.83. The fourth-order valence-electron chi connectivity index (χ4n) is 6.17. The maximum Gasteiger partial charge on any atom is 0.317 e. The summed E-state index contributed by atoms with van der Waals surface area (Å²) in [5.41, 5.74) is -4.56. The second-order valence-electron chi connectivity index (χ2n) is 9.26. The van der Waals surface area contributed by atoms with Gasteiger partial charge >= 0.3 is 11.9 Å². The van der Waals surface area contributed by atoms with E-state index in [1.807, 2.05) is 20.8 Å². The molecule has 3 fully saturated rings. The molecule has 1 aliphatic heterocycles. The lowest BCUT2D eigenvalue weighted by atomic mass is 9.65. The number of fused-ring (bicyclic) bond motifs is 1. The highest BCUT2D eigenvalue weighted by molar-refractivity contribution is 5.94. The molecule has 6 unspecified atom stereocenters. The van der Waals surface area contributed by atoms with Crippen molar-refractivity contribution in [3.05, 3.63) is 24.0 Å². The molecule has 3 aliphatic carbocycles. The molecular weight excluding hydrogens is 364 g/mol. The molecule has 28 heavy (non-hydrogen) atoms. The van der Waals surface area contributed by atoms with E-state index in [1.165, 1.54) is 12.3 Å². The maximum atomic E-state index is 12.9. The lowest BCUT2D eigenvalue weighted by molar-refractivity contribution is -0.167. The highest BCUT2D eigenvalue weighted by Gasteiger charge is 2.90. The Bertz CT molecular complexity index is 812. The molecule has 152 valence electrons. The van der Waals surface area contributed by atoms with Crippen LogP contribution in [0.15, 0.2) is 24.0 Å². The minimum absolute atomic E-state index is 0.127. The lowest BCUT2D eigenvalue weighted by Gasteiger charge is -2.40. The van der Waals surface area contributed by atoms with Gasteiger partial charge in [-0.05, 0) is 36.8 Å². The fourth-order valence-corrected chi connectivity index (χ4v) is 6.17. The molecule has 2 saturated carbocycles. The van der Waals surface area contributed by atoms with Crippen LogP contribution in [0.3, 0.4) is 0 Å². The van der Waals surface area contributed by atoms with E-state index in [-0.39, 0.29) is 12.0 Å². The van der Waals surface area contributed by atoms with E-state index in [4.69, 9.17) is 9.47 Å². The maximum absolute atomic E-state index is 12.9. The van der Waals surface area contributed by atoms with Crippen LogP contribution in [0.2, 0.25) is 0 Å². The van der Waals surface area contributed by atoms with Crippen molar-refractivity contribution in [2.45, 2.75) is 58.3 Å². The van der Waals surface area contributed by atoms with Gasteiger partial charge < -0.3 is 19.7 Å². The van der Waals surface area contributed by atoms with E-state index in [2.05, 4.69) is 0 Å². The predicted molar refractivity (Wildman–Crippen MR) is 96.2 cm³/mol. The Morgan fingerprint density at radius 2 is 2.11 bits per heavy atom. The van der Waals surface area contributed by atoms with Crippen molar-refractivity contribution in [3.63, 3.8) is 0 Å². The normalized spacial score (nSPS) is 45.0. The number of aliphatic hydroxyl groups excluding tert-OH is 1. The van der Waals surface area contributed by atoms with E-state index >= 15 is 0 Å². The molecule has 6 atom stereocenters. The van der Waals surface area contributed by atoms with Gasteiger partial charge in [0.25, 0.3) is 0 Å². The van der Waals surface area contributed by atoms with Gasteiger partial charge in [0, 0.05) is 11.5 Å². The van der Waals surface area contributed by atoms with Crippen LogP contribution in [0.1, 0.15) is 46.5 Å². The van der Waals surface area contributed by atoms with E-state index in [1.54, 1.807) is 6.08 Å². The van der Waals surface area contributed by atoms with Crippen molar-refractivity contribution in [3.8, 4) is 0 Å². The largest absolute Gasteiger partial charge is 0.435 e. The molecule has 0 aromatic carbocycles. The summed E-state index contributed by atoms with van der Waals surface area (Å²) in [4.78, 5) is 37.4. The number of cyclic esters (lactones) is 1. The third kappa shape index (κ3) is 2.04. The van der Waals surface area contributed by atoms with Crippen LogP contribution in [0.25, 0.3) is 0 Å². The number of esters is 2. The van der Waals surface area contributed by atoms with Crippen LogP contribution in [-0.4, -0.2) is 40.3 Å². The Labute approximate surface area is 163 Å². The number of ether oxygens (including phenoxy) is 2. The van der Waals surface area contributed by atoms with Crippen molar-refractivity contribution >= 4 is 18.2 Å². The first-order valence-electron chi connectivity index (χ1n) is 9.77. The molecule has 0 amide bonds. The summed E-state index contributed by atoms with van der Waals surface area (Å²) in [7, 11) is 0. The molecule has 0 aromatic heterocycles. The zero-order valence-electron chi connectivity index (χ0n) is 16.3. The lowest BCUT2D eigenvalue weighted by Crippen LogP contribution is -2.52. The van der Waals surface area contributed by atoms with Crippen LogP contribution in [0, 0.1) is 28.1 Å². The first-order chi connectivity index (χ1) is 13.1. The molecule has 1 saturated heterocycles. The molecule has 0 aromatic rings. The second-order valence-corrected chi connectivity index (χ2v) is 9.26. The smallest absolute Gasteiger partial charge is 0.317 e. The van der Waals surface area contributed by atoms with Crippen molar-refractivity contribution in [1.29, 1.82) is 0 Å². The zero-order chi connectivity index (χ0) is 20.5. The number of aldehydes is 1. The van der Waals surface area contributed by atoms with Gasteiger partial charge in [-0.15, -0.1) is 0 Å². The number of carbonyl (C=O) groups excluding carboxylic acids is 3. The second kappa shape index (κ2) is 5.76. The van der Waals surface area contributed by atoms with Crippen molar-refractivity contribution in [1.82, 2.24) is 0 Å². The van der Waals surface area contributed by atoms with Crippen LogP contribution in [0.5, 0.6) is 0 Å². The molecule has 0 spiro atoms. The third-order valence-corrected chi connectivity index (χ3v) is 7.36. The number of unbranched alkanes of at least 4 members (excludes halogenated alkanes) is 1. The van der Waals surface area contributed by atoms with Gasteiger partial charge in [-0.2, -0.15) is 0 Å². The van der Waals surface area contributed by atoms with Gasteiger partial charge in [-0.3, -0.25) is 14.4 Å². The Balaban J connectivity index is 1.77. The Hall–Kier alpha value is -1.99. The topological polar surface area (TPSA) is 110 Å². The standard InChI is InChI=1S/C21H26O7/c1-4-5-6-7-27-15(23)14-18(2,3)9-13-20-11-19(20,16(24)28-17(20)25)12(10-22)8-21(13,14)26/h6-8,10,13-14,16,24,26H,4-5,9,11H2,1-3H3. The van der Waals surface area contributed by atoms with E-state index in [0.29, 0.717) is 12.7 Å². The Morgan fingerprint density at radius 1 is 1.39 bits per heavy atom. The zero-order valence-corrected chi connectivity index (χ0v) is 16.3. The number of hydrogen-bond donors (Lipinski definition) is 2. The predicted octanol–water partition coefficient (Wildman–Crippen LogP) is 1.63. The first kappa shape index (κ1) is 19.3. The van der Waals surface area contributed by atoms with Crippen molar-refractivity contribution in [2.75, 3.05) is 0 Å². The van der Waals surface area contributed by atoms with E-state index in [9.17, 15) is 24.6 Å². The van der Waals surface area contributed by atoms with Crippen LogP contribution >= 0.6 is 0 Å². The van der Waals surface area contributed by atoms with Crippen LogP contribution < -0.4 is 0 Å². The van der Waals surface area contributed by atoms with E-state index in [0.717, 1.165) is 12.8 Å².